The maximum absolute atomic E-state index is 11.9. The Balaban J connectivity index is 2.05. The van der Waals surface area contributed by atoms with Crippen molar-refractivity contribution in [2.75, 3.05) is 7.11 Å². The minimum Gasteiger partial charge on any atom is -0.496 e. The monoisotopic (exact) mass is 313 g/mol. The van der Waals surface area contributed by atoms with E-state index in [1.54, 1.807) is 19.2 Å². The van der Waals surface area contributed by atoms with Crippen LogP contribution in [0, 0.1) is 17.0 Å². The standard InChI is InChI=1S/C16H15N3O4/c1-11-8-12(6-7-15(11)23-2)10-17-18-16(20)13-4-3-5-14(9-13)19(21)22/h3-10H,1-2H3,(H,18,20). The van der Waals surface area contributed by atoms with Crippen molar-refractivity contribution >= 4 is 17.8 Å². The van der Waals surface area contributed by atoms with Crippen LogP contribution in [0.5, 0.6) is 5.75 Å². The van der Waals surface area contributed by atoms with E-state index in [0.717, 1.165) is 16.9 Å². The van der Waals surface area contributed by atoms with Crippen molar-refractivity contribution < 1.29 is 14.5 Å². The molecule has 0 atom stereocenters. The number of rotatable bonds is 5. The number of nitrogens with one attached hydrogen (secondary N) is 1. The fraction of sp³-hybridized carbons (Fsp3) is 0.125. The highest BCUT2D eigenvalue weighted by atomic mass is 16.6. The molecule has 7 heteroatoms. The fourth-order valence-corrected chi connectivity index (χ4v) is 1.97. The van der Waals surface area contributed by atoms with Crippen LogP contribution in [0.1, 0.15) is 21.5 Å². The Hall–Kier alpha value is -3.22. The van der Waals surface area contributed by atoms with Gasteiger partial charge in [-0.25, -0.2) is 5.43 Å². The first-order chi connectivity index (χ1) is 11.0. The lowest BCUT2D eigenvalue weighted by Crippen LogP contribution is -2.17. The number of benzene rings is 2. The Morgan fingerprint density at radius 1 is 1.30 bits per heavy atom. The van der Waals surface area contributed by atoms with E-state index in [0.29, 0.717) is 0 Å². The van der Waals surface area contributed by atoms with E-state index >= 15 is 0 Å². The summed E-state index contributed by atoms with van der Waals surface area (Å²) in [6.07, 6.45) is 1.49. The normalized spacial score (nSPS) is 10.5. The molecule has 1 N–H and O–H groups in total. The smallest absolute Gasteiger partial charge is 0.271 e. The molecule has 0 heterocycles. The molecule has 0 fully saturated rings. The van der Waals surface area contributed by atoms with Gasteiger partial charge in [-0.1, -0.05) is 6.07 Å². The van der Waals surface area contributed by atoms with Gasteiger partial charge in [0.25, 0.3) is 11.6 Å². The lowest BCUT2D eigenvalue weighted by atomic mass is 10.1. The zero-order valence-corrected chi connectivity index (χ0v) is 12.6. The molecule has 2 aromatic carbocycles. The summed E-state index contributed by atoms with van der Waals surface area (Å²) < 4.78 is 5.16. The van der Waals surface area contributed by atoms with Crippen LogP contribution < -0.4 is 10.2 Å². The van der Waals surface area contributed by atoms with E-state index in [1.807, 2.05) is 13.0 Å². The van der Waals surface area contributed by atoms with Crippen molar-refractivity contribution in [1.29, 1.82) is 0 Å². The summed E-state index contributed by atoms with van der Waals surface area (Å²) in [5.74, 6) is 0.248. The van der Waals surface area contributed by atoms with Crippen molar-refractivity contribution in [1.82, 2.24) is 5.43 Å². The number of nitrogens with zero attached hydrogens (tertiary/aromatic N) is 2. The first-order valence-electron chi connectivity index (χ1n) is 6.74. The first-order valence-corrected chi connectivity index (χ1v) is 6.74. The second-order valence-corrected chi connectivity index (χ2v) is 4.74. The molecule has 0 aromatic heterocycles. The van der Waals surface area contributed by atoms with Gasteiger partial charge >= 0.3 is 0 Å². The van der Waals surface area contributed by atoms with Crippen molar-refractivity contribution in [2.45, 2.75) is 6.92 Å². The Kier molecular flexibility index (Phi) is 5.03. The number of carbonyl (C=O) groups is 1. The molecule has 0 aliphatic heterocycles. The highest BCUT2D eigenvalue weighted by Gasteiger charge is 2.10. The molecule has 118 valence electrons. The summed E-state index contributed by atoms with van der Waals surface area (Å²) in [5.41, 5.74) is 4.10. The second-order valence-electron chi connectivity index (χ2n) is 4.74. The number of hydrogen-bond acceptors (Lipinski definition) is 5. The van der Waals surface area contributed by atoms with Crippen LogP contribution in [0.3, 0.4) is 0 Å². The highest BCUT2D eigenvalue weighted by molar-refractivity contribution is 5.95. The zero-order chi connectivity index (χ0) is 16.8. The van der Waals surface area contributed by atoms with Crippen LogP contribution in [0.2, 0.25) is 0 Å². The van der Waals surface area contributed by atoms with E-state index in [1.165, 1.54) is 30.5 Å². The number of ether oxygens (including phenoxy) is 1. The van der Waals surface area contributed by atoms with Gasteiger partial charge in [0.05, 0.1) is 18.2 Å². The molecular formula is C16H15N3O4. The summed E-state index contributed by atoms with van der Waals surface area (Å²) >= 11 is 0. The third-order valence-electron chi connectivity index (χ3n) is 3.12. The molecule has 0 spiro atoms. The predicted molar refractivity (Wildman–Crippen MR) is 85.9 cm³/mol. The van der Waals surface area contributed by atoms with Crippen molar-refractivity contribution in [2.24, 2.45) is 5.10 Å². The van der Waals surface area contributed by atoms with Crippen LogP contribution in [0.4, 0.5) is 5.69 Å². The lowest BCUT2D eigenvalue weighted by molar-refractivity contribution is -0.384. The van der Waals surface area contributed by atoms with Crippen molar-refractivity contribution in [3.05, 3.63) is 69.3 Å². The average molecular weight is 313 g/mol. The maximum Gasteiger partial charge on any atom is 0.271 e. The summed E-state index contributed by atoms with van der Waals surface area (Å²) in [4.78, 5) is 22.0. The number of aryl methyl sites for hydroxylation is 1. The third-order valence-corrected chi connectivity index (χ3v) is 3.12. The van der Waals surface area contributed by atoms with Gasteiger partial charge in [-0.15, -0.1) is 0 Å². The molecule has 0 unspecified atom stereocenters. The Morgan fingerprint density at radius 2 is 2.09 bits per heavy atom. The topological polar surface area (TPSA) is 93.8 Å². The van der Waals surface area contributed by atoms with Gasteiger partial charge < -0.3 is 4.74 Å². The molecule has 2 rings (SSSR count). The maximum atomic E-state index is 11.9. The minimum atomic E-state index is -0.555. The quantitative estimate of drug-likeness (QED) is 0.521. The first kappa shape index (κ1) is 16.2. The number of hydrogen-bond donors (Lipinski definition) is 1. The lowest BCUT2D eigenvalue weighted by Gasteiger charge is -2.04. The summed E-state index contributed by atoms with van der Waals surface area (Å²) in [7, 11) is 1.59. The predicted octanol–water partition coefficient (Wildman–Crippen LogP) is 2.68. The van der Waals surface area contributed by atoms with Crippen LogP contribution in [0.15, 0.2) is 47.6 Å². The molecule has 0 aliphatic rings. The van der Waals surface area contributed by atoms with Gasteiger partial charge in [0.15, 0.2) is 0 Å². The van der Waals surface area contributed by atoms with Gasteiger partial charge in [0, 0.05) is 17.7 Å². The number of carbonyl (C=O) groups excluding carboxylic acids is 1. The van der Waals surface area contributed by atoms with E-state index in [2.05, 4.69) is 10.5 Å². The number of nitro groups is 1. The van der Waals surface area contributed by atoms with Crippen LogP contribution in [-0.4, -0.2) is 24.2 Å². The third kappa shape index (κ3) is 4.13. The number of hydrazone groups is 1. The molecule has 0 bridgehead atoms. The Bertz CT molecular complexity index is 772. The van der Waals surface area contributed by atoms with Crippen molar-refractivity contribution in [3.63, 3.8) is 0 Å². The summed E-state index contributed by atoms with van der Waals surface area (Å²) in [6, 6.07) is 10.9. The number of methoxy groups -OCH3 is 1. The largest absolute Gasteiger partial charge is 0.496 e. The molecule has 7 nitrogen and oxygen atoms in total. The van der Waals surface area contributed by atoms with Gasteiger partial charge in [-0.2, -0.15) is 5.10 Å². The SMILES string of the molecule is COc1ccc(C=NNC(=O)c2cccc([N+](=O)[O-])c2)cc1C. The molecule has 23 heavy (non-hydrogen) atoms. The summed E-state index contributed by atoms with van der Waals surface area (Å²) in [5, 5.41) is 14.5. The van der Waals surface area contributed by atoms with Crippen molar-refractivity contribution in [3.8, 4) is 5.75 Å². The zero-order valence-electron chi connectivity index (χ0n) is 12.6. The van der Waals surface area contributed by atoms with Crippen LogP contribution >= 0.6 is 0 Å². The molecule has 1 amide bonds. The fourth-order valence-electron chi connectivity index (χ4n) is 1.97. The van der Waals surface area contributed by atoms with Gasteiger partial charge in [-0.3, -0.25) is 14.9 Å². The van der Waals surface area contributed by atoms with E-state index in [9.17, 15) is 14.9 Å². The molecule has 2 aromatic rings. The molecular weight excluding hydrogens is 298 g/mol. The summed E-state index contributed by atoms with van der Waals surface area (Å²) in [6.45, 7) is 1.90. The molecule has 0 saturated carbocycles. The molecule has 0 aliphatic carbocycles. The molecule has 0 saturated heterocycles. The van der Waals surface area contributed by atoms with Crippen LogP contribution in [-0.2, 0) is 0 Å². The molecule has 0 radical (unpaired) electrons. The number of non-ortho nitro benzene ring substituents is 1. The number of amides is 1. The van der Waals surface area contributed by atoms with Gasteiger partial charge in [0.2, 0.25) is 0 Å². The average Bonchev–Trinajstić information content (AvgIpc) is 2.55. The van der Waals surface area contributed by atoms with Gasteiger partial charge in [0.1, 0.15) is 5.75 Å². The van der Waals surface area contributed by atoms with Crippen LogP contribution in [0.25, 0.3) is 0 Å². The minimum absolute atomic E-state index is 0.146. The Labute approximate surface area is 132 Å². The highest BCUT2D eigenvalue weighted by Crippen LogP contribution is 2.17. The van der Waals surface area contributed by atoms with Gasteiger partial charge in [-0.05, 0) is 42.3 Å². The van der Waals surface area contributed by atoms with E-state index < -0.39 is 10.8 Å². The van der Waals surface area contributed by atoms with E-state index in [4.69, 9.17) is 4.74 Å². The Morgan fingerprint density at radius 3 is 2.74 bits per heavy atom. The number of nitro benzene ring substituents is 1. The van der Waals surface area contributed by atoms with E-state index in [-0.39, 0.29) is 11.3 Å². The second kappa shape index (κ2) is 7.17.